The van der Waals surface area contributed by atoms with Gasteiger partial charge in [-0.05, 0) is 39.2 Å². The normalized spacial score (nSPS) is 18.8. The number of hydrogen-bond acceptors (Lipinski definition) is 3. The number of rotatable bonds is 3. The maximum Gasteiger partial charge on any atom is 0.267 e. The van der Waals surface area contributed by atoms with Crippen LogP contribution in [0.4, 0.5) is 5.69 Å². The lowest BCUT2D eigenvalue weighted by atomic mass is 10.2. The highest BCUT2D eigenvalue weighted by molar-refractivity contribution is 6.31. The van der Waals surface area contributed by atoms with Crippen molar-refractivity contribution >= 4 is 23.2 Å². The standard InChI is InChI=1S/C13H17ClN2O2/c1-9-13(17)16(7-6-15(2)3)11-8-10(14)4-5-12(11)18-9/h4-5,8-9H,6-7H2,1-3H3. The van der Waals surface area contributed by atoms with Gasteiger partial charge in [-0.1, -0.05) is 11.6 Å². The molecule has 2 rings (SSSR count). The second kappa shape index (κ2) is 5.16. The van der Waals surface area contributed by atoms with Crippen LogP contribution in [0, 0.1) is 0 Å². The molecule has 1 aliphatic rings. The lowest BCUT2D eigenvalue weighted by Gasteiger charge is -2.33. The summed E-state index contributed by atoms with van der Waals surface area (Å²) in [6.07, 6.45) is -0.444. The average Bonchev–Trinajstić information content (AvgIpc) is 2.30. The van der Waals surface area contributed by atoms with E-state index in [1.807, 2.05) is 25.1 Å². The molecule has 0 aliphatic carbocycles. The summed E-state index contributed by atoms with van der Waals surface area (Å²) in [6.45, 7) is 3.19. The third kappa shape index (κ3) is 2.60. The predicted molar refractivity (Wildman–Crippen MR) is 72.4 cm³/mol. The second-order valence-corrected chi connectivity index (χ2v) is 5.10. The number of halogens is 1. The number of carbonyl (C=O) groups excluding carboxylic acids is 1. The third-order valence-electron chi connectivity index (χ3n) is 2.90. The Morgan fingerprint density at radius 1 is 1.44 bits per heavy atom. The minimum atomic E-state index is -0.444. The van der Waals surface area contributed by atoms with E-state index in [9.17, 15) is 4.79 Å². The summed E-state index contributed by atoms with van der Waals surface area (Å²) in [5, 5.41) is 0.606. The van der Waals surface area contributed by atoms with E-state index in [2.05, 4.69) is 0 Å². The highest BCUT2D eigenvalue weighted by Gasteiger charge is 2.31. The molecule has 4 nitrogen and oxygen atoms in total. The van der Waals surface area contributed by atoms with Gasteiger partial charge in [-0.2, -0.15) is 0 Å². The fraction of sp³-hybridized carbons (Fsp3) is 0.462. The van der Waals surface area contributed by atoms with Crippen molar-refractivity contribution in [3.63, 3.8) is 0 Å². The van der Waals surface area contributed by atoms with Crippen LogP contribution in [0.25, 0.3) is 0 Å². The molecule has 0 saturated heterocycles. The Labute approximate surface area is 112 Å². The molecule has 0 radical (unpaired) electrons. The summed E-state index contributed by atoms with van der Waals surface area (Å²) < 4.78 is 5.57. The van der Waals surface area contributed by atoms with Crippen LogP contribution in [0.5, 0.6) is 5.75 Å². The molecule has 0 saturated carbocycles. The van der Waals surface area contributed by atoms with Crippen LogP contribution in [-0.2, 0) is 4.79 Å². The minimum Gasteiger partial charge on any atom is -0.479 e. The first kappa shape index (κ1) is 13.2. The Kier molecular flexibility index (Phi) is 3.78. The van der Waals surface area contributed by atoms with Gasteiger partial charge in [-0.15, -0.1) is 0 Å². The molecular formula is C13H17ClN2O2. The highest BCUT2D eigenvalue weighted by Crippen LogP contribution is 2.35. The zero-order chi connectivity index (χ0) is 13.3. The van der Waals surface area contributed by atoms with Gasteiger partial charge in [0.1, 0.15) is 5.75 Å². The average molecular weight is 269 g/mol. The fourth-order valence-electron chi connectivity index (χ4n) is 1.91. The van der Waals surface area contributed by atoms with Gasteiger partial charge < -0.3 is 14.5 Å². The smallest absolute Gasteiger partial charge is 0.267 e. The van der Waals surface area contributed by atoms with Crippen LogP contribution < -0.4 is 9.64 Å². The molecule has 5 heteroatoms. The molecule has 1 heterocycles. The molecule has 0 N–H and O–H groups in total. The largest absolute Gasteiger partial charge is 0.479 e. The van der Waals surface area contributed by atoms with Crippen molar-refractivity contribution < 1.29 is 9.53 Å². The molecule has 0 spiro atoms. The van der Waals surface area contributed by atoms with Crippen molar-refractivity contribution in [1.82, 2.24) is 4.90 Å². The number of nitrogens with zero attached hydrogens (tertiary/aromatic N) is 2. The topological polar surface area (TPSA) is 32.8 Å². The monoisotopic (exact) mass is 268 g/mol. The molecule has 1 amide bonds. The van der Waals surface area contributed by atoms with Crippen LogP contribution in [0.1, 0.15) is 6.92 Å². The summed E-state index contributed by atoms with van der Waals surface area (Å²) >= 11 is 5.98. The quantitative estimate of drug-likeness (QED) is 0.841. The SMILES string of the molecule is CC1Oc2ccc(Cl)cc2N(CCN(C)C)C1=O. The van der Waals surface area contributed by atoms with Gasteiger partial charge in [-0.3, -0.25) is 4.79 Å². The Morgan fingerprint density at radius 2 is 2.17 bits per heavy atom. The second-order valence-electron chi connectivity index (χ2n) is 4.67. The van der Waals surface area contributed by atoms with E-state index in [0.29, 0.717) is 17.3 Å². The lowest BCUT2D eigenvalue weighted by Crippen LogP contribution is -2.46. The van der Waals surface area contributed by atoms with E-state index in [4.69, 9.17) is 16.3 Å². The lowest BCUT2D eigenvalue weighted by molar-refractivity contribution is -0.125. The van der Waals surface area contributed by atoms with E-state index < -0.39 is 6.10 Å². The van der Waals surface area contributed by atoms with Crippen molar-refractivity contribution in [2.24, 2.45) is 0 Å². The molecular weight excluding hydrogens is 252 g/mol. The van der Waals surface area contributed by atoms with Crippen molar-refractivity contribution in [1.29, 1.82) is 0 Å². The molecule has 18 heavy (non-hydrogen) atoms. The molecule has 1 aromatic rings. The molecule has 0 fully saturated rings. The van der Waals surface area contributed by atoms with Gasteiger partial charge in [0, 0.05) is 18.1 Å². The number of amides is 1. The van der Waals surface area contributed by atoms with Crippen LogP contribution >= 0.6 is 11.6 Å². The molecule has 1 aromatic carbocycles. The molecule has 1 aliphatic heterocycles. The molecule has 98 valence electrons. The Morgan fingerprint density at radius 3 is 2.83 bits per heavy atom. The summed E-state index contributed by atoms with van der Waals surface area (Å²) in [4.78, 5) is 15.9. The highest BCUT2D eigenvalue weighted by atomic mass is 35.5. The van der Waals surface area contributed by atoms with Gasteiger partial charge in [0.25, 0.3) is 5.91 Å². The van der Waals surface area contributed by atoms with Gasteiger partial charge in [0.2, 0.25) is 0 Å². The number of fused-ring (bicyclic) bond motifs is 1. The van der Waals surface area contributed by atoms with Crippen molar-refractivity contribution in [3.8, 4) is 5.75 Å². The predicted octanol–water partition coefficient (Wildman–Crippen LogP) is 2.02. The van der Waals surface area contributed by atoms with E-state index in [-0.39, 0.29) is 5.91 Å². The van der Waals surface area contributed by atoms with Gasteiger partial charge >= 0.3 is 0 Å². The van der Waals surface area contributed by atoms with Crippen LogP contribution in [0.2, 0.25) is 5.02 Å². The molecule has 0 bridgehead atoms. The molecule has 0 aromatic heterocycles. The van der Waals surface area contributed by atoms with E-state index in [0.717, 1.165) is 12.2 Å². The van der Waals surface area contributed by atoms with Gasteiger partial charge in [0.05, 0.1) is 5.69 Å². The van der Waals surface area contributed by atoms with Crippen molar-refractivity contribution in [3.05, 3.63) is 23.2 Å². The van der Waals surface area contributed by atoms with E-state index in [1.165, 1.54) is 0 Å². The Balaban J connectivity index is 2.31. The number of benzene rings is 1. The summed E-state index contributed by atoms with van der Waals surface area (Å²) in [6, 6.07) is 5.35. The zero-order valence-corrected chi connectivity index (χ0v) is 11.6. The maximum absolute atomic E-state index is 12.2. The minimum absolute atomic E-state index is 0.0217. The van der Waals surface area contributed by atoms with Gasteiger partial charge in [-0.25, -0.2) is 0 Å². The third-order valence-corrected chi connectivity index (χ3v) is 3.14. The van der Waals surface area contributed by atoms with Crippen LogP contribution in [0.15, 0.2) is 18.2 Å². The number of likely N-dealkylation sites (N-methyl/N-ethyl adjacent to an activating group) is 1. The Hall–Kier alpha value is -1.26. The fourth-order valence-corrected chi connectivity index (χ4v) is 2.08. The summed E-state index contributed by atoms with van der Waals surface area (Å²) in [5.74, 6) is 0.692. The number of anilines is 1. The first-order valence-corrected chi connectivity index (χ1v) is 6.29. The summed E-state index contributed by atoms with van der Waals surface area (Å²) in [7, 11) is 3.96. The first-order valence-electron chi connectivity index (χ1n) is 5.91. The molecule has 1 unspecified atom stereocenters. The maximum atomic E-state index is 12.2. The number of hydrogen-bond donors (Lipinski definition) is 0. The zero-order valence-electron chi connectivity index (χ0n) is 10.8. The number of carbonyl (C=O) groups is 1. The van der Waals surface area contributed by atoms with E-state index in [1.54, 1.807) is 24.0 Å². The number of ether oxygens (including phenoxy) is 1. The first-order chi connectivity index (χ1) is 8.49. The Bertz CT molecular complexity index is 462. The summed E-state index contributed by atoms with van der Waals surface area (Å²) in [5.41, 5.74) is 0.757. The van der Waals surface area contributed by atoms with Crippen LogP contribution in [0.3, 0.4) is 0 Å². The van der Waals surface area contributed by atoms with Crippen LogP contribution in [-0.4, -0.2) is 44.1 Å². The van der Waals surface area contributed by atoms with E-state index >= 15 is 0 Å². The molecule has 1 atom stereocenters. The van der Waals surface area contributed by atoms with Gasteiger partial charge in [0.15, 0.2) is 6.10 Å². The van der Waals surface area contributed by atoms with Crippen molar-refractivity contribution in [2.75, 3.05) is 32.1 Å². The van der Waals surface area contributed by atoms with Crippen molar-refractivity contribution in [2.45, 2.75) is 13.0 Å².